The number of rotatable bonds is 7. The molecule has 0 radical (unpaired) electrons. The van der Waals surface area contributed by atoms with E-state index in [2.05, 4.69) is 5.32 Å². The molecule has 2 aromatic rings. The van der Waals surface area contributed by atoms with Crippen molar-refractivity contribution in [2.24, 2.45) is 0 Å². The summed E-state index contributed by atoms with van der Waals surface area (Å²) in [4.78, 5) is 10.6. The first-order chi connectivity index (χ1) is 12.5. The molecule has 0 aliphatic heterocycles. The fourth-order valence-electron chi connectivity index (χ4n) is 3.25. The van der Waals surface area contributed by atoms with Crippen molar-refractivity contribution in [3.8, 4) is 5.75 Å². The second-order valence-corrected chi connectivity index (χ2v) is 6.97. The lowest BCUT2D eigenvalue weighted by Crippen LogP contribution is -2.37. The number of hydrogen-bond donors (Lipinski definition) is 3. The number of carbonyl (C=O) groups is 1. The molecule has 0 amide bonds. The summed E-state index contributed by atoms with van der Waals surface area (Å²) in [6.07, 6.45) is 2.15. The lowest BCUT2D eigenvalue weighted by molar-refractivity contribution is -0.139. The van der Waals surface area contributed by atoms with E-state index in [0.29, 0.717) is 17.3 Å². The monoisotopic (exact) mass is 411 g/mol. The SMILES string of the molecule is Cl.O=C(O)COc1ccc2c(c1)C[C@@H](NCC(O)c1cccc(Cl)c1)CC2. The first-order valence-corrected chi connectivity index (χ1v) is 9.02. The molecule has 0 saturated carbocycles. The number of aryl methyl sites for hydroxylation is 1. The Kier molecular flexibility index (Phi) is 7.92. The highest BCUT2D eigenvalue weighted by Gasteiger charge is 2.20. The number of aliphatic hydroxyl groups is 1. The Morgan fingerprint density at radius 2 is 2.07 bits per heavy atom. The van der Waals surface area contributed by atoms with Crippen LogP contribution in [0.2, 0.25) is 5.02 Å². The number of ether oxygens (including phenoxy) is 1. The molecular weight excluding hydrogens is 389 g/mol. The Balaban J connectivity index is 0.00000261. The number of aliphatic carboxylic acids is 1. The molecule has 0 heterocycles. The Labute approximate surface area is 169 Å². The van der Waals surface area contributed by atoms with Gasteiger partial charge in [0.25, 0.3) is 0 Å². The maximum atomic E-state index is 10.6. The summed E-state index contributed by atoms with van der Waals surface area (Å²) >= 11 is 5.97. The van der Waals surface area contributed by atoms with Crippen molar-refractivity contribution >= 4 is 30.0 Å². The van der Waals surface area contributed by atoms with Crippen molar-refractivity contribution in [3.05, 3.63) is 64.2 Å². The highest BCUT2D eigenvalue weighted by Crippen LogP contribution is 2.26. The van der Waals surface area contributed by atoms with Gasteiger partial charge in [-0.05, 0) is 60.2 Å². The van der Waals surface area contributed by atoms with Crippen molar-refractivity contribution in [1.82, 2.24) is 5.32 Å². The molecule has 1 aliphatic rings. The number of hydrogen-bond acceptors (Lipinski definition) is 4. The molecule has 0 saturated heterocycles. The van der Waals surface area contributed by atoms with Crippen molar-refractivity contribution in [1.29, 1.82) is 0 Å². The van der Waals surface area contributed by atoms with Crippen LogP contribution in [0, 0.1) is 0 Å². The van der Waals surface area contributed by atoms with Gasteiger partial charge >= 0.3 is 5.97 Å². The third kappa shape index (κ3) is 6.11. The van der Waals surface area contributed by atoms with Crippen molar-refractivity contribution in [2.45, 2.75) is 31.4 Å². The number of aliphatic hydroxyl groups excluding tert-OH is 1. The first-order valence-electron chi connectivity index (χ1n) is 8.64. The number of halogens is 2. The molecule has 146 valence electrons. The summed E-state index contributed by atoms with van der Waals surface area (Å²) < 4.78 is 5.26. The van der Waals surface area contributed by atoms with Gasteiger partial charge in [-0.2, -0.15) is 0 Å². The van der Waals surface area contributed by atoms with E-state index in [4.69, 9.17) is 21.4 Å². The molecule has 3 rings (SSSR count). The number of carboxylic acid groups (broad SMARTS) is 1. The zero-order chi connectivity index (χ0) is 18.5. The molecule has 0 bridgehead atoms. The molecule has 0 fully saturated rings. The molecule has 7 heteroatoms. The van der Waals surface area contributed by atoms with Gasteiger partial charge in [0.15, 0.2) is 6.61 Å². The average Bonchev–Trinajstić information content (AvgIpc) is 2.64. The molecule has 27 heavy (non-hydrogen) atoms. The van der Waals surface area contributed by atoms with Gasteiger partial charge in [0, 0.05) is 17.6 Å². The summed E-state index contributed by atoms with van der Waals surface area (Å²) in [5, 5.41) is 23.1. The molecule has 2 atom stereocenters. The van der Waals surface area contributed by atoms with Gasteiger partial charge < -0.3 is 20.3 Å². The summed E-state index contributed by atoms with van der Waals surface area (Å²) in [5.74, 6) is -0.414. The third-order valence-electron chi connectivity index (χ3n) is 4.60. The van der Waals surface area contributed by atoms with Gasteiger partial charge in [-0.15, -0.1) is 12.4 Å². The van der Waals surface area contributed by atoms with Crippen LogP contribution in [0.25, 0.3) is 0 Å². The highest BCUT2D eigenvalue weighted by molar-refractivity contribution is 6.30. The molecular formula is C20H23Cl2NO4. The lowest BCUT2D eigenvalue weighted by Gasteiger charge is -2.27. The van der Waals surface area contributed by atoms with Crippen LogP contribution < -0.4 is 10.1 Å². The molecule has 2 aromatic carbocycles. The molecule has 1 unspecified atom stereocenters. The van der Waals surface area contributed by atoms with Crippen LogP contribution in [0.5, 0.6) is 5.75 Å². The van der Waals surface area contributed by atoms with Gasteiger partial charge in [-0.1, -0.05) is 29.8 Å². The van der Waals surface area contributed by atoms with Crippen LogP contribution in [-0.4, -0.2) is 35.4 Å². The van der Waals surface area contributed by atoms with Crippen molar-refractivity contribution < 1.29 is 19.7 Å². The fourth-order valence-corrected chi connectivity index (χ4v) is 3.45. The van der Waals surface area contributed by atoms with Crippen molar-refractivity contribution in [3.63, 3.8) is 0 Å². The minimum atomic E-state index is -0.989. The van der Waals surface area contributed by atoms with Crippen LogP contribution in [0.4, 0.5) is 0 Å². The lowest BCUT2D eigenvalue weighted by atomic mass is 9.88. The minimum Gasteiger partial charge on any atom is -0.482 e. The molecule has 5 nitrogen and oxygen atoms in total. The Bertz CT molecular complexity index is 784. The average molecular weight is 412 g/mol. The molecule has 3 N–H and O–H groups in total. The van der Waals surface area contributed by atoms with Gasteiger partial charge in [0.05, 0.1) is 6.10 Å². The van der Waals surface area contributed by atoms with E-state index in [0.717, 1.165) is 30.4 Å². The summed E-state index contributed by atoms with van der Waals surface area (Å²) in [6.45, 7) is 0.113. The predicted molar refractivity (Wildman–Crippen MR) is 107 cm³/mol. The summed E-state index contributed by atoms with van der Waals surface area (Å²) in [7, 11) is 0. The number of fused-ring (bicyclic) bond motifs is 1. The maximum Gasteiger partial charge on any atom is 0.341 e. The second kappa shape index (κ2) is 9.95. The standard InChI is InChI=1S/C20H22ClNO4.ClH/c21-16-3-1-2-14(8-16)19(23)11-22-17-6-4-13-5-7-18(10-15(13)9-17)26-12-20(24)25;/h1-3,5,7-8,10,17,19,22-23H,4,6,9,11-12H2,(H,24,25);1H/t17-,19?;/m0./s1. The Morgan fingerprint density at radius 1 is 1.26 bits per heavy atom. The second-order valence-electron chi connectivity index (χ2n) is 6.53. The topological polar surface area (TPSA) is 78.8 Å². The zero-order valence-corrected chi connectivity index (χ0v) is 16.3. The third-order valence-corrected chi connectivity index (χ3v) is 4.84. The van der Waals surface area contributed by atoms with E-state index in [1.807, 2.05) is 30.3 Å². The summed E-state index contributed by atoms with van der Waals surface area (Å²) in [6, 6.07) is 13.2. The van der Waals surface area contributed by atoms with E-state index < -0.39 is 12.1 Å². The van der Waals surface area contributed by atoms with E-state index in [-0.39, 0.29) is 25.1 Å². The first kappa shape index (κ1) is 21.5. The van der Waals surface area contributed by atoms with E-state index >= 15 is 0 Å². The molecule has 0 spiro atoms. The van der Waals surface area contributed by atoms with Crippen LogP contribution in [-0.2, 0) is 17.6 Å². The Morgan fingerprint density at radius 3 is 2.81 bits per heavy atom. The minimum absolute atomic E-state index is 0. The normalized spacial score (nSPS) is 16.7. The number of carboxylic acids is 1. The van der Waals surface area contributed by atoms with Crippen LogP contribution in [0.3, 0.4) is 0 Å². The van der Waals surface area contributed by atoms with Crippen LogP contribution in [0.15, 0.2) is 42.5 Å². The van der Waals surface area contributed by atoms with Gasteiger partial charge in [0.2, 0.25) is 0 Å². The predicted octanol–water partition coefficient (Wildman–Crippen LogP) is 3.41. The van der Waals surface area contributed by atoms with Gasteiger partial charge in [-0.25, -0.2) is 4.79 Å². The molecule has 0 aromatic heterocycles. The van der Waals surface area contributed by atoms with Crippen LogP contribution >= 0.6 is 24.0 Å². The fraction of sp³-hybridized carbons (Fsp3) is 0.350. The van der Waals surface area contributed by atoms with E-state index in [1.54, 1.807) is 12.1 Å². The quantitative estimate of drug-likeness (QED) is 0.650. The summed E-state index contributed by atoms with van der Waals surface area (Å²) in [5.41, 5.74) is 3.22. The zero-order valence-electron chi connectivity index (χ0n) is 14.7. The largest absolute Gasteiger partial charge is 0.482 e. The van der Waals surface area contributed by atoms with Gasteiger partial charge in [0.1, 0.15) is 5.75 Å². The maximum absolute atomic E-state index is 10.6. The van der Waals surface area contributed by atoms with Gasteiger partial charge in [-0.3, -0.25) is 0 Å². The smallest absolute Gasteiger partial charge is 0.341 e. The van der Waals surface area contributed by atoms with E-state index in [1.165, 1.54) is 5.56 Å². The number of benzene rings is 2. The molecule has 1 aliphatic carbocycles. The van der Waals surface area contributed by atoms with E-state index in [9.17, 15) is 9.90 Å². The number of nitrogens with one attached hydrogen (secondary N) is 1. The highest BCUT2D eigenvalue weighted by atomic mass is 35.5. The Hall–Kier alpha value is -1.79. The van der Waals surface area contributed by atoms with Crippen molar-refractivity contribution in [2.75, 3.05) is 13.2 Å². The van der Waals surface area contributed by atoms with Crippen LogP contribution in [0.1, 0.15) is 29.2 Å².